The maximum Gasteiger partial charge on any atom is 0.326 e. The lowest BCUT2D eigenvalue weighted by molar-refractivity contribution is -0.142. The van der Waals surface area contributed by atoms with E-state index >= 15 is 0 Å². The van der Waals surface area contributed by atoms with Gasteiger partial charge in [0.2, 0.25) is 10.0 Å². The van der Waals surface area contributed by atoms with Crippen molar-refractivity contribution in [2.24, 2.45) is 11.1 Å². The molecule has 0 aromatic heterocycles. The summed E-state index contributed by atoms with van der Waals surface area (Å²) in [5.41, 5.74) is 0. The van der Waals surface area contributed by atoms with Gasteiger partial charge >= 0.3 is 12.0 Å². The molecule has 8 nitrogen and oxygen atoms in total. The molecule has 0 aromatic carbocycles. The molecule has 1 rings (SSSR count). The molecular formula is C10H19N3O5S. The average molecular weight is 293 g/mol. The average Bonchev–Trinajstić information content (AvgIpc) is 2.65. The Labute approximate surface area is 112 Å². The number of carboxylic acids is 1. The van der Waals surface area contributed by atoms with Crippen molar-refractivity contribution in [1.29, 1.82) is 0 Å². The molecule has 0 spiro atoms. The van der Waals surface area contributed by atoms with Gasteiger partial charge in [-0.1, -0.05) is 6.92 Å². The van der Waals surface area contributed by atoms with Crippen LogP contribution in [-0.2, 0) is 14.8 Å². The molecule has 110 valence electrons. The topological polar surface area (TPSA) is 130 Å². The van der Waals surface area contributed by atoms with E-state index in [-0.39, 0.29) is 24.6 Å². The molecule has 1 heterocycles. The van der Waals surface area contributed by atoms with Gasteiger partial charge < -0.3 is 15.3 Å². The largest absolute Gasteiger partial charge is 0.480 e. The lowest BCUT2D eigenvalue weighted by Gasteiger charge is -2.23. The lowest BCUT2D eigenvalue weighted by atomic mass is 10.0. The number of hydrogen-bond acceptors (Lipinski definition) is 4. The minimum atomic E-state index is -3.53. The number of nitrogens with zero attached hydrogens (tertiary/aromatic N) is 1. The Bertz CT molecular complexity index is 450. The summed E-state index contributed by atoms with van der Waals surface area (Å²) in [7, 11) is -3.53. The zero-order valence-electron chi connectivity index (χ0n) is 10.7. The Morgan fingerprint density at radius 2 is 2.11 bits per heavy atom. The molecule has 19 heavy (non-hydrogen) atoms. The fraction of sp³-hybridized carbons (Fsp3) is 0.800. The van der Waals surface area contributed by atoms with Crippen LogP contribution in [0.3, 0.4) is 0 Å². The predicted molar refractivity (Wildman–Crippen MR) is 67.9 cm³/mol. The van der Waals surface area contributed by atoms with E-state index in [1.807, 2.05) is 0 Å². The van der Waals surface area contributed by atoms with E-state index in [0.29, 0.717) is 13.0 Å². The Balaban J connectivity index is 2.43. The Morgan fingerprint density at radius 3 is 2.63 bits per heavy atom. The van der Waals surface area contributed by atoms with Crippen LogP contribution in [0.25, 0.3) is 0 Å². The van der Waals surface area contributed by atoms with E-state index in [4.69, 9.17) is 10.2 Å². The van der Waals surface area contributed by atoms with Crippen molar-refractivity contribution in [3.63, 3.8) is 0 Å². The fourth-order valence-corrected chi connectivity index (χ4v) is 2.67. The number of sulfonamides is 1. The minimum absolute atomic E-state index is 0.0901. The third-order valence-electron chi connectivity index (χ3n) is 3.10. The van der Waals surface area contributed by atoms with Gasteiger partial charge in [-0.25, -0.2) is 23.1 Å². The summed E-state index contributed by atoms with van der Waals surface area (Å²) in [6, 6.07) is -1.30. The molecule has 0 saturated carbocycles. The molecule has 0 radical (unpaired) electrons. The van der Waals surface area contributed by atoms with Crippen molar-refractivity contribution in [2.75, 3.05) is 18.8 Å². The number of rotatable bonds is 5. The number of carbonyl (C=O) groups excluding carboxylic acids is 1. The van der Waals surface area contributed by atoms with Gasteiger partial charge in [-0.15, -0.1) is 0 Å². The summed E-state index contributed by atoms with van der Waals surface area (Å²) >= 11 is 0. The second-order valence-electron chi connectivity index (χ2n) is 4.69. The number of amides is 2. The van der Waals surface area contributed by atoms with Gasteiger partial charge in [-0.2, -0.15) is 0 Å². The smallest absolute Gasteiger partial charge is 0.326 e. The zero-order valence-corrected chi connectivity index (χ0v) is 11.5. The number of nitrogens with one attached hydrogen (secondary N) is 1. The molecular weight excluding hydrogens is 274 g/mol. The third-order valence-corrected chi connectivity index (χ3v) is 3.95. The van der Waals surface area contributed by atoms with Crippen molar-refractivity contribution in [3.8, 4) is 0 Å². The number of carboxylic acid groups (broad SMARTS) is 1. The van der Waals surface area contributed by atoms with Crippen LogP contribution < -0.4 is 10.5 Å². The first-order chi connectivity index (χ1) is 8.72. The molecule has 4 N–H and O–H groups in total. The van der Waals surface area contributed by atoms with E-state index in [1.54, 1.807) is 6.92 Å². The van der Waals surface area contributed by atoms with E-state index < -0.39 is 28.1 Å². The van der Waals surface area contributed by atoms with Gasteiger partial charge in [-0.05, 0) is 18.8 Å². The first-order valence-electron chi connectivity index (χ1n) is 6.00. The quantitative estimate of drug-likeness (QED) is 0.570. The highest BCUT2D eigenvalue weighted by Gasteiger charge is 2.39. The second-order valence-corrected chi connectivity index (χ2v) is 6.43. The number of nitrogens with two attached hydrogens (primary N) is 1. The van der Waals surface area contributed by atoms with Crippen molar-refractivity contribution < 1.29 is 23.1 Å². The Morgan fingerprint density at radius 1 is 1.47 bits per heavy atom. The SMILES string of the molecule is CC1CCN(C(=O)NCCCS(N)(=O)=O)C1C(=O)O. The monoisotopic (exact) mass is 293 g/mol. The predicted octanol–water partition coefficient (Wildman–Crippen LogP) is -0.830. The molecule has 2 unspecified atom stereocenters. The van der Waals surface area contributed by atoms with Crippen LogP contribution in [-0.4, -0.2) is 55.3 Å². The number of carbonyl (C=O) groups is 2. The molecule has 2 amide bonds. The second kappa shape index (κ2) is 6.20. The first-order valence-corrected chi connectivity index (χ1v) is 7.71. The van der Waals surface area contributed by atoms with E-state index in [0.717, 1.165) is 0 Å². The number of primary sulfonamides is 1. The van der Waals surface area contributed by atoms with Crippen LogP contribution in [0, 0.1) is 5.92 Å². The van der Waals surface area contributed by atoms with Crippen LogP contribution in [0.2, 0.25) is 0 Å². The summed E-state index contributed by atoms with van der Waals surface area (Å²) in [5.74, 6) is -1.33. The van der Waals surface area contributed by atoms with Crippen molar-refractivity contribution in [3.05, 3.63) is 0 Å². The molecule has 0 aliphatic carbocycles. The molecule has 2 atom stereocenters. The van der Waals surface area contributed by atoms with Crippen LogP contribution in [0.1, 0.15) is 19.8 Å². The van der Waals surface area contributed by atoms with E-state index in [9.17, 15) is 18.0 Å². The van der Waals surface area contributed by atoms with E-state index in [2.05, 4.69) is 5.32 Å². The highest BCUT2D eigenvalue weighted by Crippen LogP contribution is 2.23. The van der Waals surface area contributed by atoms with Gasteiger partial charge in [0, 0.05) is 13.1 Å². The Hall–Kier alpha value is -1.35. The van der Waals surface area contributed by atoms with Gasteiger partial charge in [0.25, 0.3) is 0 Å². The Kier molecular flexibility index (Phi) is 5.12. The van der Waals surface area contributed by atoms with Gasteiger partial charge in [0.1, 0.15) is 6.04 Å². The normalized spacial score (nSPS) is 23.4. The molecule has 0 bridgehead atoms. The molecule has 1 fully saturated rings. The maximum absolute atomic E-state index is 11.8. The highest BCUT2D eigenvalue weighted by atomic mass is 32.2. The number of urea groups is 1. The molecule has 1 saturated heterocycles. The van der Waals surface area contributed by atoms with Gasteiger partial charge in [-0.3, -0.25) is 0 Å². The number of aliphatic carboxylic acids is 1. The zero-order chi connectivity index (χ0) is 14.6. The first kappa shape index (κ1) is 15.7. The van der Waals surface area contributed by atoms with Crippen LogP contribution in [0.5, 0.6) is 0 Å². The summed E-state index contributed by atoms with van der Waals surface area (Å²) in [5, 5.41) is 16.4. The van der Waals surface area contributed by atoms with Gasteiger partial charge in [0.05, 0.1) is 5.75 Å². The van der Waals surface area contributed by atoms with Crippen LogP contribution in [0.15, 0.2) is 0 Å². The molecule has 1 aliphatic heterocycles. The molecule has 9 heteroatoms. The van der Waals surface area contributed by atoms with Crippen LogP contribution in [0.4, 0.5) is 4.79 Å². The summed E-state index contributed by atoms with van der Waals surface area (Å²) in [6.07, 6.45) is 0.841. The summed E-state index contributed by atoms with van der Waals surface area (Å²) < 4.78 is 21.4. The van der Waals surface area contributed by atoms with Crippen molar-refractivity contribution >= 4 is 22.0 Å². The number of likely N-dealkylation sites (tertiary alicyclic amines) is 1. The van der Waals surface area contributed by atoms with E-state index in [1.165, 1.54) is 4.90 Å². The fourth-order valence-electron chi connectivity index (χ4n) is 2.12. The van der Waals surface area contributed by atoms with Crippen LogP contribution >= 0.6 is 0 Å². The standard InChI is InChI=1S/C10H19N3O5S/c1-7-3-5-13(8(7)9(14)15)10(16)12-4-2-6-19(11,17)18/h7-8H,2-6H2,1H3,(H,12,16)(H,14,15)(H2,11,17,18). The number of hydrogen-bond donors (Lipinski definition) is 3. The van der Waals surface area contributed by atoms with Crippen molar-refractivity contribution in [1.82, 2.24) is 10.2 Å². The highest BCUT2D eigenvalue weighted by molar-refractivity contribution is 7.89. The van der Waals surface area contributed by atoms with Gasteiger partial charge in [0.15, 0.2) is 0 Å². The molecule has 1 aliphatic rings. The lowest BCUT2D eigenvalue weighted by Crippen LogP contribution is -2.47. The molecule has 0 aromatic rings. The summed E-state index contributed by atoms with van der Waals surface area (Å²) in [6.45, 7) is 2.32. The summed E-state index contributed by atoms with van der Waals surface area (Å²) in [4.78, 5) is 24.1. The van der Waals surface area contributed by atoms with Crippen molar-refractivity contribution in [2.45, 2.75) is 25.8 Å². The maximum atomic E-state index is 11.8. The third kappa shape index (κ3) is 4.67. The minimum Gasteiger partial charge on any atom is -0.480 e.